The number of ketones is 2. The molecule has 0 spiro atoms. The van der Waals surface area contributed by atoms with E-state index in [1.54, 1.807) is 42.5 Å². The second-order valence-electron chi connectivity index (χ2n) is 8.71. The minimum atomic E-state index is -0.981. The highest BCUT2D eigenvalue weighted by molar-refractivity contribution is 6.31. The lowest BCUT2D eigenvalue weighted by Gasteiger charge is -2.12. The average molecular weight is 566 g/mol. The number of hydrogen-bond acceptors (Lipinski definition) is 8. The third kappa shape index (κ3) is 9.06. The summed E-state index contributed by atoms with van der Waals surface area (Å²) >= 11 is 5.89. The van der Waals surface area contributed by atoms with Crippen LogP contribution in [0.25, 0.3) is 0 Å². The number of nitrogens with one attached hydrogen (secondary N) is 1. The maximum atomic E-state index is 12.4. The van der Waals surface area contributed by atoms with Crippen LogP contribution in [0, 0.1) is 0 Å². The van der Waals surface area contributed by atoms with Gasteiger partial charge in [-0.05, 0) is 74.0 Å². The molecule has 0 heterocycles. The molecule has 1 unspecified atom stereocenters. The molecule has 0 radical (unpaired) electrons. The molecule has 0 aliphatic heterocycles. The zero-order chi connectivity index (χ0) is 29.1. The molecule has 0 saturated heterocycles. The van der Waals surface area contributed by atoms with E-state index < -0.39 is 24.6 Å². The number of esters is 2. The molecule has 1 N–H and O–H groups in total. The van der Waals surface area contributed by atoms with E-state index in [1.807, 2.05) is 0 Å². The molecule has 0 aliphatic carbocycles. The molecule has 1 atom stereocenters. The highest BCUT2D eigenvalue weighted by Crippen LogP contribution is 2.16. The van der Waals surface area contributed by atoms with Crippen molar-refractivity contribution in [1.29, 1.82) is 0 Å². The normalized spacial score (nSPS) is 11.2. The van der Waals surface area contributed by atoms with Crippen molar-refractivity contribution in [3.05, 3.63) is 94.5 Å². The number of methoxy groups -OCH3 is 1. The van der Waals surface area contributed by atoms with Crippen LogP contribution in [0.15, 0.2) is 72.8 Å². The van der Waals surface area contributed by atoms with E-state index in [9.17, 15) is 24.0 Å². The number of carbonyl (C=O) groups is 5. The summed E-state index contributed by atoms with van der Waals surface area (Å²) in [6, 6.07) is 18.8. The highest BCUT2D eigenvalue weighted by Gasteiger charge is 2.20. The molecule has 3 rings (SSSR count). The molecule has 9 nitrogen and oxygen atoms in total. The monoisotopic (exact) mass is 565 g/mol. The number of carbonyl (C=O) groups excluding carboxylic acids is 5. The lowest BCUT2D eigenvalue weighted by molar-refractivity contribution is -0.146. The maximum Gasteiger partial charge on any atom is 0.338 e. The van der Waals surface area contributed by atoms with Crippen molar-refractivity contribution in [2.45, 2.75) is 32.3 Å². The van der Waals surface area contributed by atoms with E-state index in [1.165, 1.54) is 44.4 Å². The molecule has 1 amide bonds. The predicted octanol–water partition coefficient (Wildman–Crippen LogP) is 5.31. The molecule has 0 aliphatic rings. The Balaban J connectivity index is 1.37. The number of hydrogen-bond donors (Lipinski definition) is 1. The summed E-state index contributed by atoms with van der Waals surface area (Å²) in [5, 5.41) is 3.08. The van der Waals surface area contributed by atoms with Crippen molar-refractivity contribution >= 4 is 46.7 Å². The molecular formula is C30H28ClNO8. The molecule has 0 fully saturated rings. The second-order valence-corrected chi connectivity index (χ2v) is 9.15. The van der Waals surface area contributed by atoms with Crippen molar-refractivity contribution < 1.29 is 38.2 Å². The number of halogens is 1. The van der Waals surface area contributed by atoms with Gasteiger partial charge in [0.2, 0.25) is 11.7 Å². The van der Waals surface area contributed by atoms with Crippen molar-refractivity contribution in [3.63, 3.8) is 0 Å². The van der Waals surface area contributed by atoms with Gasteiger partial charge in [-0.15, -0.1) is 0 Å². The van der Waals surface area contributed by atoms with E-state index in [-0.39, 0.29) is 42.3 Å². The Morgan fingerprint density at radius 2 is 1.52 bits per heavy atom. The molecule has 0 aromatic heterocycles. The summed E-state index contributed by atoms with van der Waals surface area (Å²) in [4.78, 5) is 61.2. The van der Waals surface area contributed by atoms with Crippen molar-refractivity contribution in [3.8, 4) is 5.75 Å². The number of benzene rings is 3. The Morgan fingerprint density at radius 1 is 0.850 bits per heavy atom. The number of anilines is 1. The van der Waals surface area contributed by atoms with Gasteiger partial charge in [-0.25, -0.2) is 4.79 Å². The van der Waals surface area contributed by atoms with Crippen LogP contribution in [-0.2, 0) is 19.1 Å². The first-order valence-electron chi connectivity index (χ1n) is 12.4. The molecule has 0 bridgehead atoms. The third-order valence-electron chi connectivity index (χ3n) is 5.72. The fourth-order valence-corrected chi connectivity index (χ4v) is 3.76. The number of Topliss-reactive ketones (excluding diaryl/α,β-unsaturated/α-hetero) is 2. The second kappa shape index (κ2) is 14.6. The van der Waals surface area contributed by atoms with Gasteiger partial charge in [-0.1, -0.05) is 23.7 Å². The van der Waals surface area contributed by atoms with Crippen molar-refractivity contribution in [2.24, 2.45) is 0 Å². The molecule has 40 heavy (non-hydrogen) atoms. The smallest absolute Gasteiger partial charge is 0.338 e. The summed E-state index contributed by atoms with van der Waals surface area (Å²) in [6.45, 7) is 1.06. The molecular weight excluding hydrogens is 538 g/mol. The van der Waals surface area contributed by atoms with Gasteiger partial charge >= 0.3 is 11.9 Å². The molecule has 208 valence electrons. The summed E-state index contributed by atoms with van der Waals surface area (Å²) in [5.41, 5.74) is 1.39. The molecule has 10 heteroatoms. The van der Waals surface area contributed by atoms with Crippen LogP contribution >= 0.6 is 11.6 Å². The van der Waals surface area contributed by atoms with Gasteiger partial charge in [0.25, 0.3) is 0 Å². The topological polar surface area (TPSA) is 125 Å². The predicted molar refractivity (Wildman–Crippen MR) is 148 cm³/mol. The van der Waals surface area contributed by atoms with Crippen LogP contribution < -0.4 is 10.1 Å². The molecule has 3 aromatic carbocycles. The van der Waals surface area contributed by atoms with Gasteiger partial charge < -0.3 is 19.5 Å². The zero-order valence-electron chi connectivity index (χ0n) is 22.0. The minimum Gasteiger partial charge on any atom is -0.497 e. The van der Waals surface area contributed by atoms with Crippen molar-refractivity contribution in [2.75, 3.05) is 19.0 Å². The van der Waals surface area contributed by atoms with Gasteiger partial charge in [0, 0.05) is 34.7 Å². The molecule has 3 aromatic rings. The largest absolute Gasteiger partial charge is 0.497 e. The van der Waals surface area contributed by atoms with Gasteiger partial charge in [0.05, 0.1) is 12.7 Å². The Labute approximate surface area is 236 Å². The van der Waals surface area contributed by atoms with E-state index >= 15 is 0 Å². The van der Waals surface area contributed by atoms with E-state index in [4.69, 9.17) is 25.8 Å². The maximum absolute atomic E-state index is 12.4. The minimum absolute atomic E-state index is 0.0411. The third-order valence-corrected chi connectivity index (χ3v) is 5.96. The SMILES string of the molecule is COc1ccc(C(=O)COC(=O)c2ccc(NC(=O)CCCC(=O)OC(C)C(=O)c3cccc(Cl)c3)cc2)cc1. The van der Waals surface area contributed by atoms with Crippen molar-refractivity contribution in [1.82, 2.24) is 0 Å². The van der Waals surface area contributed by atoms with E-state index in [0.717, 1.165) is 0 Å². The quantitative estimate of drug-likeness (QED) is 0.218. The first-order chi connectivity index (χ1) is 19.2. The molecule has 0 saturated carbocycles. The number of amides is 1. The fourth-order valence-electron chi connectivity index (χ4n) is 3.57. The number of ether oxygens (including phenoxy) is 3. The highest BCUT2D eigenvalue weighted by atomic mass is 35.5. The standard InChI is InChI=1S/C30H28ClNO8/c1-19(29(36)22-5-3-6-23(31)17-22)40-28(35)8-4-7-27(34)32-24-13-9-21(10-14-24)30(37)39-18-26(33)20-11-15-25(38-2)16-12-20/h3,5-6,9-17,19H,4,7-8,18H2,1-2H3,(H,32,34). The first kappa shape index (κ1) is 30.0. The Morgan fingerprint density at radius 3 is 2.17 bits per heavy atom. The summed E-state index contributed by atoms with van der Waals surface area (Å²) in [6.07, 6.45) is -0.760. The van der Waals surface area contributed by atoms with Crippen LogP contribution in [0.3, 0.4) is 0 Å². The Bertz CT molecular complexity index is 1370. The van der Waals surface area contributed by atoms with E-state index in [0.29, 0.717) is 27.6 Å². The lowest BCUT2D eigenvalue weighted by atomic mass is 10.1. The van der Waals surface area contributed by atoms with E-state index in [2.05, 4.69) is 5.32 Å². The van der Waals surface area contributed by atoms with Gasteiger partial charge in [0.15, 0.2) is 18.5 Å². The number of rotatable bonds is 13. The first-order valence-corrected chi connectivity index (χ1v) is 12.8. The summed E-state index contributed by atoms with van der Waals surface area (Å²) in [7, 11) is 1.52. The Kier molecular flexibility index (Phi) is 11.0. The van der Waals surface area contributed by atoms with Gasteiger partial charge in [-0.2, -0.15) is 0 Å². The fraction of sp³-hybridized carbons (Fsp3) is 0.233. The van der Waals surface area contributed by atoms with Gasteiger partial charge in [-0.3, -0.25) is 19.2 Å². The van der Waals surface area contributed by atoms with Crippen LogP contribution in [-0.4, -0.2) is 49.2 Å². The van der Waals surface area contributed by atoms with Gasteiger partial charge in [0.1, 0.15) is 5.75 Å². The van der Waals surface area contributed by atoms with Crippen LogP contribution in [0.5, 0.6) is 5.75 Å². The van der Waals surface area contributed by atoms with Crippen LogP contribution in [0.1, 0.15) is 57.3 Å². The summed E-state index contributed by atoms with van der Waals surface area (Å²) < 4.78 is 15.3. The lowest BCUT2D eigenvalue weighted by Crippen LogP contribution is -2.24. The zero-order valence-corrected chi connectivity index (χ0v) is 22.7. The van der Waals surface area contributed by atoms with Crippen LogP contribution in [0.4, 0.5) is 5.69 Å². The van der Waals surface area contributed by atoms with Crippen LogP contribution in [0.2, 0.25) is 5.02 Å². The average Bonchev–Trinajstić information content (AvgIpc) is 2.95. The summed E-state index contributed by atoms with van der Waals surface area (Å²) in [5.74, 6) is -1.73. The Hall–Kier alpha value is -4.50.